The van der Waals surface area contributed by atoms with Crippen molar-refractivity contribution >= 4 is 27.6 Å². The van der Waals surface area contributed by atoms with Crippen molar-refractivity contribution in [2.75, 3.05) is 0 Å². The molecule has 4 heteroatoms. The van der Waals surface area contributed by atoms with E-state index in [1.807, 2.05) is 41.0 Å². The normalized spacial score (nSPS) is 15.7. The summed E-state index contributed by atoms with van der Waals surface area (Å²) in [7, 11) is 0. The van der Waals surface area contributed by atoms with Crippen molar-refractivity contribution in [1.82, 2.24) is 4.57 Å². The van der Waals surface area contributed by atoms with Gasteiger partial charge >= 0.3 is 0 Å². The Morgan fingerprint density at radius 3 is 2.44 bits per heavy atom. The van der Waals surface area contributed by atoms with Crippen LogP contribution in [0.5, 0.6) is 0 Å². The molecule has 1 aromatic heterocycles. The maximum atomic E-state index is 13.1. The molecule has 0 atom stereocenters. The van der Waals surface area contributed by atoms with Crippen molar-refractivity contribution in [3.8, 4) is 0 Å². The molecule has 25 heavy (non-hydrogen) atoms. The van der Waals surface area contributed by atoms with Gasteiger partial charge in [-0.05, 0) is 48.4 Å². The molecular formula is C21H22N2O2. The van der Waals surface area contributed by atoms with Crippen LogP contribution in [-0.2, 0) is 6.54 Å². The van der Waals surface area contributed by atoms with Gasteiger partial charge in [0.1, 0.15) is 0 Å². The maximum Gasteiger partial charge on any atom is 0.258 e. The van der Waals surface area contributed by atoms with Gasteiger partial charge in [0.15, 0.2) is 0 Å². The number of carbonyl (C=O) groups excluding carboxylic acids is 1. The van der Waals surface area contributed by atoms with Gasteiger partial charge in [0.25, 0.3) is 5.56 Å². The van der Waals surface area contributed by atoms with Crippen molar-refractivity contribution < 1.29 is 4.79 Å². The first-order chi connectivity index (χ1) is 12.1. The van der Waals surface area contributed by atoms with Crippen LogP contribution in [0.2, 0.25) is 0 Å². The van der Waals surface area contributed by atoms with E-state index < -0.39 is 5.91 Å². The summed E-state index contributed by atoms with van der Waals surface area (Å²) in [5.41, 5.74) is 6.88. The predicted octanol–water partition coefficient (Wildman–Crippen LogP) is 3.83. The van der Waals surface area contributed by atoms with Crippen molar-refractivity contribution in [3.05, 3.63) is 58.4 Å². The van der Waals surface area contributed by atoms with Gasteiger partial charge in [-0.25, -0.2) is 0 Å². The Kier molecular flexibility index (Phi) is 4.04. The standard InChI is InChI=1S/C21H22N2O2/c22-20(24)15-10-11-19-18(12-15)16-8-4-5-9-17(16)21(25)23(19)13-14-6-2-1-3-7-14/h4-5,8-12,14H,1-3,6-7,13H2,(H2,22,24). The summed E-state index contributed by atoms with van der Waals surface area (Å²) in [4.78, 5) is 24.7. The number of carbonyl (C=O) groups is 1. The smallest absolute Gasteiger partial charge is 0.258 e. The van der Waals surface area contributed by atoms with Crippen LogP contribution >= 0.6 is 0 Å². The summed E-state index contributed by atoms with van der Waals surface area (Å²) < 4.78 is 1.90. The van der Waals surface area contributed by atoms with E-state index in [1.165, 1.54) is 32.1 Å². The van der Waals surface area contributed by atoms with Gasteiger partial charge in [0, 0.05) is 22.9 Å². The molecule has 0 unspecified atom stereocenters. The molecule has 1 amide bonds. The van der Waals surface area contributed by atoms with Gasteiger partial charge in [-0.15, -0.1) is 0 Å². The second-order valence-electron chi connectivity index (χ2n) is 7.06. The van der Waals surface area contributed by atoms with E-state index in [0.717, 1.165) is 22.8 Å². The zero-order chi connectivity index (χ0) is 17.4. The number of hydrogen-bond donors (Lipinski definition) is 1. The highest BCUT2D eigenvalue weighted by atomic mass is 16.1. The third-order valence-corrected chi connectivity index (χ3v) is 5.43. The minimum Gasteiger partial charge on any atom is -0.366 e. The fraction of sp³-hybridized carbons (Fsp3) is 0.333. The largest absolute Gasteiger partial charge is 0.366 e. The number of benzene rings is 2. The Balaban J connectivity index is 1.97. The summed E-state index contributed by atoms with van der Waals surface area (Å²) in [6.45, 7) is 0.746. The average Bonchev–Trinajstić information content (AvgIpc) is 2.65. The van der Waals surface area contributed by atoms with Crippen molar-refractivity contribution in [2.24, 2.45) is 11.7 Å². The quantitative estimate of drug-likeness (QED) is 0.740. The van der Waals surface area contributed by atoms with Crippen LogP contribution < -0.4 is 11.3 Å². The lowest BCUT2D eigenvalue weighted by molar-refractivity contribution is 0.100. The number of rotatable bonds is 3. The van der Waals surface area contributed by atoms with Gasteiger partial charge < -0.3 is 10.3 Å². The number of primary amides is 1. The van der Waals surface area contributed by atoms with E-state index >= 15 is 0 Å². The van der Waals surface area contributed by atoms with Crippen LogP contribution in [0.15, 0.2) is 47.3 Å². The van der Waals surface area contributed by atoms with E-state index in [1.54, 1.807) is 6.07 Å². The lowest BCUT2D eigenvalue weighted by Crippen LogP contribution is -2.26. The van der Waals surface area contributed by atoms with Crippen LogP contribution in [-0.4, -0.2) is 10.5 Å². The zero-order valence-electron chi connectivity index (χ0n) is 14.2. The second-order valence-corrected chi connectivity index (χ2v) is 7.06. The molecule has 128 valence electrons. The molecular weight excluding hydrogens is 312 g/mol. The van der Waals surface area contributed by atoms with E-state index in [9.17, 15) is 9.59 Å². The van der Waals surface area contributed by atoms with Gasteiger partial charge in [0.2, 0.25) is 5.91 Å². The second kappa shape index (κ2) is 6.36. The van der Waals surface area contributed by atoms with Crippen LogP contribution in [0.1, 0.15) is 42.5 Å². The highest BCUT2D eigenvalue weighted by Gasteiger charge is 2.18. The van der Waals surface area contributed by atoms with Crippen LogP contribution in [0.25, 0.3) is 21.7 Å². The highest BCUT2D eigenvalue weighted by Crippen LogP contribution is 2.28. The van der Waals surface area contributed by atoms with Gasteiger partial charge in [-0.2, -0.15) is 0 Å². The van der Waals surface area contributed by atoms with E-state index in [4.69, 9.17) is 5.73 Å². The minimum absolute atomic E-state index is 0.0560. The number of fused-ring (bicyclic) bond motifs is 3. The van der Waals surface area contributed by atoms with Crippen LogP contribution in [0.3, 0.4) is 0 Å². The molecule has 4 rings (SSSR count). The fourth-order valence-corrected chi connectivity index (χ4v) is 4.11. The number of aromatic nitrogens is 1. The molecule has 2 aromatic carbocycles. The Bertz CT molecular complexity index is 1010. The molecule has 0 saturated heterocycles. The Hall–Kier alpha value is -2.62. The number of nitrogens with two attached hydrogens (primary N) is 1. The topological polar surface area (TPSA) is 65.1 Å². The summed E-state index contributed by atoms with van der Waals surface area (Å²) >= 11 is 0. The Labute approximate surface area is 146 Å². The minimum atomic E-state index is -0.448. The Morgan fingerprint density at radius 1 is 1.00 bits per heavy atom. The van der Waals surface area contributed by atoms with Gasteiger partial charge in [0.05, 0.1) is 5.52 Å². The molecule has 1 aliphatic carbocycles. The lowest BCUT2D eigenvalue weighted by Gasteiger charge is -2.24. The van der Waals surface area contributed by atoms with Gasteiger partial charge in [-0.3, -0.25) is 9.59 Å². The number of hydrogen-bond acceptors (Lipinski definition) is 2. The molecule has 0 bridgehead atoms. The summed E-state index contributed by atoms with van der Waals surface area (Å²) in [5.74, 6) is 0.0997. The van der Waals surface area contributed by atoms with Gasteiger partial charge in [-0.1, -0.05) is 37.5 Å². The average molecular weight is 334 g/mol. The van der Waals surface area contributed by atoms with Crippen molar-refractivity contribution in [3.63, 3.8) is 0 Å². The molecule has 2 N–H and O–H groups in total. The van der Waals surface area contributed by atoms with Crippen LogP contribution in [0, 0.1) is 5.92 Å². The maximum absolute atomic E-state index is 13.1. The SMILES string of the molecule is NC(=O)c1ccc2c(c1)c1ccccc1c(=O)n2CC1CCCCC1. The van der Waals surface area contributed by atoms with Crippen molar-refractivity contribution in [2.45, 2.75) is 38.6 Å². The third-order valence-electron chi connectivity index (χ3n) is 5.43. The number of nitrogens with zero attached hydrogens (tertiary/aromatic N) is 1. The first kappa shape index (κ1) is 15.9. The molecule has 3 aromatic rings. The number of pyridine rings is 1. The fourth-order valence-electron chi connectivity index (χ4n) is 4.11. The summed E-state index contributed by atoms with van der Waals surface area (Å²) in [6.07, 6.45) is 6.15. The first-order valence-corrected chi connectivity index (χ1v) is 9.00. The van der Waals surface area contributed by atoms with Crippen molar-refractivity contribution in [1.29, 1.82) is 0 Å². The molecule has 1 saturated carbocycles. The number of amides is 1. The molecule has 1 aliphatic rings. The monoisotopic (exact) mass is 334 g/mol. The third kappa shape index (κ3) is 2.82. The van der Waals surface area contributed by atoms with E-state index in [-0.39, 0.29) is 5.56 Å². The molecule has 1 heterocycles. The predicted molar refractivity (Wildman–Crippen MR) is 101 cm³/mol. The molecule has 0 aliphatic heterocycles. The molecule has 0 radical (unpaired) electrons. The summed E-state index contributed by atoms with van der Waals surface area (Å²) in [6, 6.07) is 13.0. The van der Waals surface area contributed by atoms with E-state index in [2.05, 4.69) is 0 Å². The lowest BCUT2D eigenvalue weighted by atomic mass is 9.89. The molecule has 0 spiro atoms. The highest BCUT2D eigenvalue weighted by molar-refractivity contribution is 6.08. The molecule has 4 nitrogen and oxygen atoms in total. The zero-order valence-corrected chi connectivity index (χ0v) is 14.2. The van der Waals surface area contributed by atoms with Crippen LogP contribution in [0.4, 0.5) is 0 Å². The molecule has 1 fully saturated rings. The van der Waals surface area contributed by atoms with E-state index in [0.29, 0.717) is 16.9 Å². The summed E-state index contributed by atoms with van der Waals surface area (Å²) in [5, 5.41) is 2.50. The first-order valence-electron chi connectivity index (χ1n) is 9.00. The Morgan fingerprint density at radius 2 is 1.72 bits per heavy atom.